The van der Waals surface area contributed by atoms with E-state index in [0.29, 0.717) is 24.3 Å². The molecule has 0 unspecified atom stereocenters. The van der Waals surface area contributed by atoms with Crippen LogP contribution in [0.1, 0.15) is 16.7 Å². The molecular weight excluding hydrogens is 352 g/mol. The van der Waals surface area contributed by atoms with E-state index in [4.69, 9.17) is 11.6 Å². The summed E-state index contributed by atoms with van der Waals surface area (Å²) in [5, 5.41) is 10.4. The van der Waals surface area contributed by atoms with Crippen LogP contribution in [-0.2, 0) is 24.1 Å². The van der Waals surface area contributed by atoms with Gasteiger partial charge in [-0.3, -0.25) is 4.79 Å². The second kappa shape index (κ2) is 5.47. The highest BCUT2D eigenvalue weighted by atomic mass is 79.9. The minimum Gasteiger partial charge on any atom is -0.481 e. The van der Waals surface area contributed by atoms with E-state index in [0.717, 1.165) is 21.2 Å². The van der Waals surface area contributed by atoms with E-state index < -0.39 is 11.4 Å². The first-order valence-corrected chi connectivity index (χ1v) is 7.91. The number of benzene rings is 2. The van der Waals surface area contributed by atoms with E-state index in [9.17, 15) is 9.90 Å². The summed E-state index contributed by atoms with van der Waals surface area (Å²) in [5.41, 5.74) is 2.36. The fraction of sp³-hybridized carbons (Fsp3) is 0.235. The quantitative estimate of drug-likeness (QED) is 0.868. The fourth-order valence-corrected chi connectivity index (χ4v) is 3.82. The van der Waals surface area contributed by atoms with Gasteiger partial charge in [0, 0.05) is 9.50 Å². The molecule has 108 valence electrons. The molecule has 0 aromatic heterocycles. The molecule has 1 N–H and O–H groups in total. The number of carboxylic acids is 1. The highest BCUT2D eigenvalue weighted by molar-refractivity contribution is 9.10. The van der Waals surface area contributed by atoms with Crippen molar-refractivity contribution < 1.29 is 9.90 Å². The summed E-state index contributed by atoms with van der Waals surface area (Å²) in [5.74, 6) is -0.752. The molecule has 0 bridgehead atoms. The van der Waals surface area contributed by atoms with Crippen molar-refractivity contribution in [3.63, 3.8) is 0 Å². The fourth-order valence-electron chi connectivity index (χ4n) is 3.08. The Kier molecular flexibility index (Phi) is 3.80. The third-order valence-corrected chi connectivity index (χ3v) is 5.02. The number of halogens is 2. The highest BCUT2D eigenvalue weighted by Gasteiger charge is 2.44. The molecule has 2 aromatic carbocycles. The van der Waals surface area contributed by atoms with Crippen molar-refractivity contribution in [2.45, 2.75) is 19.3 Å². The van der Waals surface area contributed by atoms with Gasteiger partial charge in [-0.1, -0.05) is 57.9 Å². The van der Waals surface area contributed by atoms with Crippen molar-refractivity contribution in [3.05, 3.63) is 68.7 Å². The Morgan fingerprint density at radius 3 is 2.33 bits per heavy atom. The van der Waals surface area contributed by atoms with Gasteiger partial charge in [0.05, 0.1) is 5.41 Å². The molecule has 2 nitrogen and oxygen atoms in total. The summed E-state index contributed by atoms with van der Waals surface area (Å²) in [4.78, 5) is 11.9. The van der Waals surface area contributed by atoms with Gasteiger partial charge in [0.25, 0.3) is 0 Å². The first kappa shape index (κ1) is 14.6. The maximum Gasteiger partial charge on any atom is 0.310 e. The third kappa shape index (κ3) is 2.72. The van der Waals surface area contributed by atoms with Crippen LogP contribution in [0.2, 0.25) is 5.02 Å². The average Bonchev–Trinajstić information content (AvgIpc) is 2.81. The van der Waals surface area contributed by atoms with E-state index >= 15 is 0 Å². The van der Waals surface area contributed by atoms with Gasteiger partial charge in [-0.25, -0.2) is 0 Å². The van der Waals surface area contributed by atoms with Gasteiger partial charge in [-0.15, -0.1) is 0 Å². The Balaban J connectivity index is 1.96. The summed E-state index contributed by atoms with van der Waals surface area (Å²) >= 11 is 9.64. The van der Waals surface area contributed by atoms with Crippen molar-refractivity contribution in [1.29, 1.82) is 0 Å². The van der Waals surface area contributed by atoms with Gasteiger partial charge >= 0.3 is 5.97 Å². The monoisotopic (exact) mass is 364 g/mol. The predicted molar refractivity (Wildman–Crippen MR) is 86.8 cm³/mol. The second-order valence-electron chi connectivity index (χ2n) is 5.62. The van der Waals surface area contributed by atoms with Crippen molar-refractivity contribution in [2.24, 2.45) is 5.41 Å². The zero-order chi connectivity index (χ0) is 15.0. The van der Waals surface area contributed by atoms with Gasteiger partial charge in [0.15, 0.2) is 0 Å². The Bertz CT molecular complexity index is 687. The van der Waals surface area contributed by atoms with E-state index in [2.05, 4.69) is 15.9 Å². The second-order valence-corrected chi connectivity index (χ2v) is 6.94. The molecule has 0 saturated heterocycles. The van der Waals surface area contributed by atoms with Crippen LogP contribution in [-0.4, -0.2) is 11.1 Å². The molecule has 0 spiro atoms. The Hall–Kier alpha value is -1.32. The molecule has 0 amide bonds. The summed E-state index contributed by atoms with van der Waals surface area (Å²) in [6.07, 6.45) is 1.57. The highest BCUT2D eigenvalue weighted by Crippen LogP contribution is 2.41. The molecule has 1 aliphatic carbocycles. The summed E-state index contributed by atoms with van der Waals surface area (Å²) in [6.45, 7) is 0. The molecule has 0 saturated carbocycles. The van der Waals surface area contributed by atoms with E-state index in [1.807, 2.05) is 42.5 Å². The average molecular weight is 366 g/mol. The molecule has 0 fully saturated rings. The van der Waals surface area contributed by atoms with Crippen LogP contribution < -0.4 is 0 Å². The van der Waals surface area contributed by atoms with Crippen LogP contribution in [0, 0.1) is 5.41 Å². The smallest absolute Gasteiger partial charge is 0.310 e. The van der Waals surface area contributed by atoms with Crippen LogP contribution in [0.5, 0.6) is 0 Å². The standard InChI is InChI=1S/C17H14BrClO2/c18-14-6-5-13(15(19)7-14)10-17(16(20)21)8-11-3-1-2-4-12(11)9-17/h1-7H,8-10H2,(H,20,21). The maximum atomic E-state index is 11.9. The minimum atomic E-state index is -0.791. The lowest BCUT2D eigenvalue weighted by Crippen LogP contribution is -2.34. The molecule has 0 atom stereocenters. The van der Waals surface area contributed by atoms with Crippen LogP contribution in [0.25, 0.3) is 0 Å². The molecule has 21 heavy (non-hydrogen) atoms. The summed E-state index contributed by atoms with van der Waals surface area (Å²) < 4.78 is 0.898. The van der Waals surface area contributed by atoms with Crippen LogP contribution in [0.4, 0.5) is 0 Å². The van der Waals surface area contributed by atoms with Gasteiger partial charge in [-0.05, 0) is 48.1 Å². The number of hydrogen-bond acceptors (Lipinski definition) is 1. The largest absolute Gasteiger partial charge is 0.481 e. The maximum absolute atomic E-state index is 11.9. The third-order valence-electron chi connectivity index (χ3n) is 4.17. The van der Waals surface area contributed by atoms with Crippen LogP contribution in [0.15, 0.2) is 46.9 Å². The Morgan fingerprint density at radius 2 is 1.81 bits per heavy atom. The van der Waals surface area contributed by atoms with Crippen LogP contribution >= 0.6 is 27.5 Å². The van der Waals surface area contributed by atoms with Crippen molar-refractivity contribution >= 4 is 33.5 Å². The molecular formula is C17H14BrClO2. The lowest BCUT2D eigenvalue weighted by Gasteiger charge is -2.24. The molecule has 2 aromatic rings. The molecule has 0 aliphatic heterocycles. The normalized spacial score (nSPS) is 15.7. The summed E-state index contributed by atoms with van der Waals surface area (Å²) in [6, 6.07) is 13.6. The van der Waals surface area contributed by atoms with Crippen molar-refractivity contribution in [1.82, 2.24) is 0 Å². The van der Waals surface area contributed by atoms with E-state index in [1.165, 1.54) is 0 Å². The lowest BCUT2D eigenvalue weighted by molar-refractivity contribution is -0.148. The van der Waals surface area contributed by atoms with E-state index in [-0.39, 0.29) is 0 Å². The van der Waals surface area contributed by atoms with E-state index in [1.54, 1.807) is 0 Å². The van der Waals surface area contributed by atoms with Gasteiger partial charge in [-0.2, -0.15) is 0 Å². The number of rotatable bonds is 3. The zero-order valence-corrected chi connectivity index (χ0v) is 13.6. The van der Waals surface area contributed by atoms with Crippen molar-refractivity contribution in [2.75, 3.05) is 0 Å². The molecule has 0 radical (unpaired) electrons. The van der Waals surface area contributed by atoms with Crippen LogP contribution in [0.3, 0.4) is 0 Å². The van der Waals surface area contributed by atoms with Gasteiger partial charge in [0.2, 0.25) is 0 Å². The Labute approximate surface area is 136 Å². The number of hydrogen-bond donors (Lipinski definition) is 1. The molecule has 1 aliphatic rings. The molecule has 0 heterocycles. The first-order valence-electron chi connectivity index (χ1n) is 6.74. The minimum absolute atomic E-state index is 0.448. The molecule has 3 rings (SSSR count). The first-order chi connectivity index (χ1) is 10.00. The topological polar surface area (TPSA) is 37.3 Å². The molecule has 4 heteroatoms. The number of fused-ring (bicyclic) bond motifs is 1. The number of aliphatic carboxylic acids is 1. The predicted octanol–water partition coefficient (Wildman–Crippen LogP) is 4.51. The zero-order valence-electron chi connectivity index (χ0n) is 11.3. The van der Waals surface area contributed by atoms with Gasteiger partial charge in [0.1, 0.15) is 0 Å². The Morgan fingerprint density at radius 1 is 1.19 bits per heavy atom. The number of carbonyl (C=O) groups is 1. The number of carboxylic acid groups (broad SMARTS) is 1. The van der Waals surface area contributed by atoms with Crippen molar-refractivity contribution in [3.8, 4) is 0 Å². The lowest BCUT2D eigenvalue weighted by atomic mass is 9.79. The summed E-state index contributed by atoms with van der Waals surface area (Å²) in [7, 11) is 0. The van der Waals surface area contributed by atoms with Gasteiger partial charge < -0.3 is 5.11 Å². The SMILES string of the molecule is O=C(O)C1(Cc2ccc(Br)cc2Cl)Cc2ccccc2C1.